The summed E-state index contributed by atoms with van der Waals surface area (Å²) in [5, 5.41) is 3.00. The first-order valence-electron chi connectivity index (χ1n) is 5.87. The minimum absolute atomic E-state index is 0.309. The van der Waals surface area contributed by atoms with E-state index in [1.54, 1.807) is 31.0 Å². The molecule has 0 saturated heterocycles. The van der Waals surface area contributed by atoms with Crippen molar-refractivity contribution in [3.8, 4) is 5.75 Å². The molecule has 1 heterocycles. The van der Waals surface area contributed by atoms with E-state index in [2.05, 4.69) is 5.32 Å². The molecule has 1 N–H and O–H groups in total. The van der Waals surface area contributed by atoms with Crippen LogP contribution in [0.3, 0.4) is 0 Å². The number of furan rings is 1. The molecule has 3 nitrogen and oxygen atoms in total. The summed E-state index contributed by atoms with van der Waals surface area (Å²) in [7, 11) is 1.55. The van der Waals surface area contributed by atoms with Crippen molar-refractivity contribution in [3.63, 3.8) is 0 Å². The predicted octanol–water partition coefficient (Wildman–Crippen LogP) is 3.90. The van der Waals surface area contributed by atoms with Crippen LogP contribution >= 0.6 is 11.8 Å². The molecular weight excluding hydrogens is 265 g/mol. The van der Waals surface area contributed by atoms with Gasteiger partial charge in [-0.25, -0.2) is 4.39 Å². The maximum atomic E-state index is 13.6. The van der Waals surface area contributed by atoms with Gasteiger partial charge >= 0.3 is 0 Å². The highest BCUT2D eigenvalue weighted by Gasteiger charge is 2.06. The minimum atomic E-state index is -0.309. The normalized spacial score (nSPS) is 10.5. The van der Waals surface area contributed by atoms with Crippen LogP contribution in [-0.2, 0) is 12.3 Å². The Morgan fingerprint density at radius 3 is 2.79 bits per heavy atom. The van der Waals surface area contributed by atoms with Crippen molar-refractivity contribution in [2.75, 3.05) is 18.7 Å². The predicted molar refractivity (Wildman–Crippen MR) is 76.2 cm³/mol. The topological polar surface area (TPSA) is 34.4 Å². The molecule has 0 aliphatic rings. The van der Waals surface area contributed by atoms with Gasteiger partial charge in [0.25, 0.3) is 0 Å². The summed E-state index contributed by atoms with van der Waals surface area (Å²) < 4.78 is 24.3. The Morgan fingerprint density at radius 2 is 2.05 bits per heavy atom. The smallest absolute Gasteiger partial charge is 0.146 e. The quantitative estimate of drug-likeness (QED) is 0.870. The molecule has 5 heteroatoms. The first-order chi connectivity index (χ1) is 9.22. The average molecular weight is 281 g/mol. The van der Waals surface area contributed by atoms with Gasteiger partial charge in [0.2, 0.25) is 0 Å². The van der Waals surface area contributed by atoms with Gasteiger partial charge < -0.3 is 14.5 Å². The summed E-state index contributed by atoms with van der Waals surface area (Å²) in [4.78, 5) is 0. The zero-order valence-electron chi connectivity index (χ0n) is 10.9. The number of rotatable bonds is 6. The highest BCUT2D eigenvalue weighted by Crippen LogP contribution is 2.22. The van der Waals surface area contributed by atoms with E-state index < -0.39 is 0 Å². The largest absolute Gasteiger partial charge is 0.497 e. The Morgan fingerprint density at radius 1 is 1.26 bits per heavy atom. The molecule has 0 atom stereocenters. The van der Waals surface area contributed by atoms with Crippen molar-refractivity contribution in [2.24, 2.45) is 0 Å². The Bertz CT molecular complexity index is 542. The molecule has 0 bridgehead atoms. The molecule has 0 unspecified atom stereocenters. The van der Waals surface area contributed by atoms with Crippen LogP contribution in [0.5, 0.6) is 5.75 Å². The number of hydrogen-bond donors (Lipinski definition) is 1. The number of nitrogens with one attached hydrogen (secondary N) is 1. The third-order valence-corrected chi connectivity index (χ3v) is 3.20. The summed E-state index contributed by atoms with van der Waals surface area (Å²) in [5.41, 5.74) is 0.405. The second-order valence-corrected chi connectivity index (χ2v) is 4.87. The molecule has 0 spiro atoms. The Kier molecular flexibility index (Phi) is 4.74. The molecule has 1 aromatic carbocycles. The van der Waals surface area contributed by atoms with Gasteiger partial charge in [0, 0.05) is 6.07 Å². The van der Waals surface area contributed by atoms with Crippen molar-refractivity contribution >= 4 is 17.4 Å². The van der Waals surface area contributed by atoms with Crippen LogP contribution in [0, 0.1) is 5.82 Å². The molecular formula is C14H16FNO2S. The van der Waals surface area contributed by atoms with Crippen LogP contribution in [0.4, 0.5) is 10.1 Å². The van der Waals surface area contributed by atoms with E-state index in [1.807, 2.05) is 18.4 Å². The summed E-state index contributed by atoms with van der Waals surface area (Å²) >= 11 is 1.70. The van der Waals surface area contributed by atoms with Gasteiger partial charge in [-0.3, -0.25) is 0 Å². The standard InChI is InChI=1S/C14H16FNO2S/c1-17-10-5-6-13(15)14(7-10)16-8-11-3-4-12(18-11)9-19-2/h3-7,16H,8-9H2,1-2H3. The van der Waals surface area contributed by atoms with Crippen molar-refractivity contribution in [3.05, 3.63) is 47.7 Å². The number of methoxy groups -OCH3 is 1. The molecule has 1 aromatic heterocycles. The van der Waals surface area contributed by atoms with Crippen molar-refractivity contribution in [1.29, 1.82) is 0 Å². The van der Waals surface area contributed by atoms with Crippen LogP contribution in [0.2, 0.25) is 0 Å². The van der Waals surface area contributed by atoms with Crippen LogP contribution in [0.25, 0.3) is 0 Å². The van der Waals surface area contributed by atoms with Gasteiger partial charge in [0.15, 0.2) is 0 Å². The van der Waals surface area contributed by atoms with Crippen molar-refractivity contribution < 1.29 is 13.5 Å². The highest BCUT2D eigenvalue weighted by molar-refractivity contribution is 7.97. The Hall–Kier alpha value is -1.62. The number of hydrogen-bond acceptors (Lipinski definition) is 4. The molecule has 19 heavy (non-hydrogen) atoms. The summed E-state index contributed by atoms with van der Waals surface area (Å²) in [6.45, 7) is 0.443. The van der Waals surface area contributed by atoms with Gasteiger partial charge in [-0.1, -0.05) is 0 Å². The van der Waals surface area contributed by atoms with Crippen LogP contribution in [-0.4, -0.2) is 13.4 Å². The van der Waals surface area contributed by atoms with Crippen LogP contribution in [0.15, 0.2) is 34.7 Å². The fraction of sp³-hybridized carbons (Fsp3) is 0.286. The lowest BCUT2D eigenvalue weighted by Crippen LogP contribution is -2.00. The Balaban J connectivity index is 2.01. The van der Waals surface area contributed by atoms with Crippen LogP contribution < -0.4 is 10.1 Å². The molecule has 2 rings (SSSR count). The number of ether oxygens (including phenoxy) is 1. The first kappa shape index (κ1) is 13.8. The molecule has 0 fully saturated rings. The van der Waals surface area contributed by atoms with E-state index in [0.717, 1.165) is 17.3 Å². The lowest BCUT2D eigenvalue weighted by molar-refractivity contribution is 0.414. The third-order valence-electron chi connectivity index (χ3n) is 2.63. The molecule has 0 radical (unpaired) electrons. The summed E-state index contributed by atoms with van der Waals surface area (Å²) in [6, 6.07) is 8.43. The molecule has 2 aromatic rings. The van der Waals surface area contributed by atoms with Gasteiger partial charge in [0.05, 0.1) is 25.1 Å². The zero-order chi connectivity index (χ0) is 13.7. The average Bonchev–Trinajstić information content (AvgIpc) is 2.86. The third kappa shape index (κ3) is 3.67. The van der Waals surface area contributed by atoms with E-state index in [9.17, 15) is 4.39 Å². The SMILES string of the molecule is COc1ccc(F)c(NCc2ccc(CSC)o2)c1. The lowest BCUT2D eigenvalue weighted by atomic mass is 10.3. The maximum absolute atomic E-state index is 13.6. The maximum Gasteiger partial charge on any atom is 0.146 e. The number of halogens is 1. The van der Waals surface area contributed by atoms with E-state index >= 15 is 0 Å². The van der Waals surface area contributed by atoms with Gasteiger partial charge in [-0.15, -0.1) is 0 Å². The molecule has 0 aliphatic heterocycles. The number of anilines is 1. The zero-order valence-corrected chi connectivity index (χ0v) is 11.7. The highest BCUT2D eigenvalue weighted by atomic mass is 32.2. The second kappa shape index (κ2) is 6.52. The van der Waals surface area contributed by atoms with E-state index in [1.165, 1.54) is 6.07 Å². The van der Waals surface area contributed by atoms with E-state index in [4.69, 9.17) is 9.15 Å². The lowest BCUT2D eigenvalue weighted by Gasteiger charge is -2.08. The van der Waals surface area contributed by atoms with Crippen molar-refractivity contribution in [2.45, 2.75) is 12.3 Å². The van der Waals surface area contributed by atoms with Crippen LogP contribution in [0.1, 0.15) is 11.5 Å². The summed E-state index contributed by atoms with van der Waals surface area (Å²) in [6.07, 6.45) is 2.02. The monoisotopic (exact) mass is 281 g/mol. The molecule has 0 saturated carbocycles. The summed E-state index contributed by atoms with van der Waals surface area (Å²) in [5.74, 6) is 2.86. The Labute approximate surface area is 116 Å². The van der Waals surface area contributed by atoms with Crippen molar-refractivity contribution in [1.82, 2.24) is 0 Å². The molecule has 0 amide bonds. The number of thioether (sulfide) groups is 1. The van der Waals surface area contributed by atoms with E-state index in [0.29, 0.717) is 18.0 Å². The minimum Gasteiger partial charge on any atom is -0.497 e. The molecule has 102 valence electrons. The first-order valence-corrected chi connectivity index (χ1v) is 7.26. The molecule has 0 aliphatic carbocycles. The number of benzene rings is 1. The fourth-order valence-electron chi connectivity index (χ4n) is 1.69. The van der Waals surface area contributed by atoms with Gasteiger partial charge in [-0.2, -0.15) is 11.8 Å². The van der Waals surface area contributed by atoms with E-state index in [-0.39, 0.29) is 5.82 Å². The van der Waals surface area contributed by atoms with Gasteiger partial charge in [-0.05, 0) is 30.5 Å². The second-order valence-electron chi connectivity index (χ2n) is 4.00. The fourth-order valence-corrected chi connectivity index (χ4v) is 2.13. The van der Waals surface area contributed by atoms with Gasteiger partial charge in [0.1, 0.15) is 23.1 Å².